The minimum absolute atomic E-state index is 0.633. The third-order valence-electron chi connectivity index (χ3n) is 4.02. The maximum atomic E-state index is 4.17. The van der Waals surface area contributed by atoms with Crippen LogP contribution in [0, 0.1) is 5.92 Å². The summed E-state index contributed by atoms with van der Waals surface area (Å²) in [6, 6.07) is 4.79. The Balaban J connectivity index is 1.83. The van der Waals surface area contributed by atoms with Gasteiger partial charge in [-0.25, -0.2) is 0 Å². The Morgan fingerprint density at radius 3 is 2.83 bits per heavy atom. The summed E-state index contributed by atoms with van der Waals surface area (Å²) in [6.45, 7) is 2.11. The molecule has 0 spiro atoms. The number of nitrogens with zero attached hydrogens (tertiary/aromatic N) is 2. The Hall–Kier alpha value is -0.930. The normalized spacial score (nSPS) is 18.4. The largest absolute Gasteiger partial charge is 0.315 e. The first-order valence-electron chi connectivity index (χ1n) is 7.04. The first kappa shape index (κ1) is 13.5. The Morgan fingerprint density at radius 1 is 1.44 bits per heavy atom. The molecule has 0 aromatic carbocycles. The average molecular weight is 247 g/mol. The lowest BCUT2D eigenvalue weighted by atomic mass is 9.98. The van der Waals surface area contributed by atoms with E-state index >= 15 is 0 Å². The van der Waals surface area contributed by atoms with E-state index in [4.69, 9.17) is 0 Å². The van der Waals surface area contributed by atoms with Crippen LogP contribution in [0.4, 0.5) is 0 Å². The summed E-state index contributed by atoms with van der Waals surface area (Å²) in [7, 11) is 4.30. The fraction of sp³-hybridized carbons (Fsp3) is 0.667. The predicted octanol–water partition coefficient (Wildman–Crippen LogP) is 2.29. The molecule has 1 heterocycles. The lowest BCUT2D eigenvalue weighted by Gasteiger charge is -2.28. The van der Waals surface area contributed by atoms with E-state index in [9.17, 15) is 0 Å². The average Bonchev–Trinajstić information content (AvgIpc) is 2.91. The van der Waals surface area contributed by atoms with E-state index in [0.29, 0.717) is 6.04 Å². The third-order valence-corrected chi connectivity index (χ3v) is 4.02. The molecule has 1 aromatic heterocycles. The van der Waals surface area contributed by atoms with E-state index in [1.54, 1.807) is 0 Å². The Bertz CT molecular complexity index is 333. The molecule has 0 radical (unpaired) electrons. The molecule has 0 amide bonds. The van der Waals surface area contributed by atoms with Crippen molar-refractivity contribution < 1.29 is 0 Å². The van der Waals surface area contributed by atoms with Gasteiger partial charge in [-0.1, -0.05) is 18.9 Å². The molecule has 0 saturated heterocycles. The van der Waals surface area contributed by atoms with Crippen LogP contribution in [-0.4, -0.2) is 36.6 Å². The number of hydrogen-bond acceptors (Lipinski definition) is 3. The second kappa shape index (κ2) is 6.86. The number of nitrogens with one attached hydrogen (secondary N) is 1. The van der Waals surface area contributed by atoms with Gasteiger partial charge >= 0.3 is 0 Å². The van der Waals surface area contributed by atoms with Crippen molar-refractivity contribution in [3.8, 4) is 0 Å². The van der Waals surface area contributed by atoms with Crippen molar-refractivity contribution in [1.82, 2.24) is 15.2 Å². The zero-order valence-electron chi connectivity index (χ0n) is 11.6. The van der Waals surface area contributed by atoms with Gasteiger partial charge in [-0.05, 0) is 44.5 Å². The van der Waals surface area contributed by atoms with Crippen molar-refractivity contribution in [3.05, 3.63) is 30.1 Å². The third kappa shape index (κ3) is 3.79. The van der Waals surface area contributed by atoms with E-state index < -0.39 is 0 Å². The van der Waals surface area contributed by atoms with Gasteiger partial charge in [0.2, 0.25) is 0 Å². The number of aromatic nitrogens is 1. The van der Waals surface area contributed by atoms with Crippen LogP contribution in [0.15, 0.2) is 24.5 Å². The van der Waals surface area contributed by atoms with Gasteiger partial charge in [-0.3, -0.25) is 4.98 Å². The fourth-order valence-electron chi connectivity index (χ4n) is 3.04. The maximum absolute atomic E-state index is 4.17. The first-order valence-corrected chi connectivity index (χ1v) is 7.04. The second-order valence-electron chi connectivity index (χ2n) is 5.50. The second-order valence-corrected chi connectivity index (χ2v) is 5.50. The number of hydrogen-bond donors (Lipinski definition) is 1. The van der Waals surface area contributed by atoms with Crippen LogP contribution in [0.25, 0.3) is 0 Å². The van der Waals surface area contributed by atoms with Crippen LogP contribution in [0.3, 0.4) is 0 Å². The molecular formula is C15H25N3. The highest BCUT2D eigenvalue weighted by atomic mass is 15.1. The van der Waals surface area contributed by atoms with Gasteiger partial charge in [0.25, 0.3) is 0 Å². The molecule has 1 aromatic rings. The SMILES string of the molecule is CNC(CN(C)Cc1cccnc1)C1CCCC1. The van der Waals surface area contributed by atoms with Gasteiger partial charge in [0.05, 0.1) is 0 Å². The van der Waals surface area contributed by atoms with E-state index in [1.807, 2.05) is 18.5 Å². The molecule has 1 aliphatic carbocycles. The molecule has 1 unspecified atom stereocenters. The summed E-state index contributed by atoms with van der Waals surface area (Å²) in [4.78, 5) is 6.57. The first-order chi connectivity index (χ1) is 8.79. The van der Waals surface area contributed by atoms with Gasteiger partial charge in [0.1, 0.15) is 0 Å². The van der Waals surface area contributed by atoms with Crippen molar-refractivity contribution in [2.24, 2.45) is 5.92 Å². The predicted molar refractivity (Wildman–Crippen MR) is 75.4 cm³/mol. The van der Waals surface area contributed by atoms with Crippen molar-refractivity contribution in [2.75, 3.05) is 20.6 Å². The molecule has 1 aliphatic rings. The highest BCUT2D eigenvalue weighted by Crippen LogP contribution is 2.28. The highest BCUT2D eigenvalue weighted by molar-refractivity contribution is 5.08. The van der Waals surface area contributed by atoms with Gasteiger partial charge in [0.15, 0.2) is 0 Å². The maximum Gasteiger partial charge on any atom is 0.0312 e. The van der Waals surface area contributed by atoms with Crippen molar-refractivity contribution in [3.63, 3.8) is 0 Å². The summed E-state index contributed by atoms with van der Waals surface area (Å²) >= 11 is 0. The Morgan fingerprint density at radius 2 is 2.22 bits per heavy atom. The molecular weight excluding hydrogens is 222 g/mol. The lowest BCUT2D eigenvalue weighted by Crippen LogP contribution is -2.42. The standard InChI is InChI=1S/C15H25N3/c1-16-15(14-7-3-4-8-14)12-18(2)11-13-6-5-9-17-10-13/h5-6,9-10,14-16H,3-4,7-8,11-12H2,1-2H3. The van der Waals surface area contributed by atoms with Gasteiger partial charge in [-0.2, -0.15) is 0 Å². The van der Waals surface area contributed by atoms with E-state index in [1.165, 1.54) is 31.2 Å². The molecule has 3 nitrogen and oxygen atoms in total. The van der Waals surface area contributed by atoms with Gasteiger partial charge in [-0.15, -0.1) is 0 Å². The summed E-state index contributed by atoms with van der Waals surface area (Å²) < 4.78 is 0. The molecule has 1 N–H and O–H groups in total. The molecule has 3 heteroatoms. The molecule has 100 valence electrons. The molecule has 2 rings (SSSR count). The Kier molecular flexibility index (Phi) is 5.14. The minimum Gasteiger partial charge on any atom is -0.315 e. The summed E-state index contributed by atoms with van der Waals surface area (Å²) in [6.07, 6.45) is 9.40. The van der Waals surface area contributed by atoms with E-state index in [2.05, 4.69) is 35.4 Å². The molecule has 1 fully saturated rings. The van der Waals surface area contributed by atoms with Gasteiger partial charge < -0.3 is 10.2 Å². The number of likely N-dealkylation sites (N-methyl/N-ethyl adjacent to an activating group) is 2. The van der Waals surface area contributed by atoms with Crippen molar-refractivity contribution in [1.29, 1.82) is 0 Å². The zero-order chi connectivity index (χ0) is 12.8. The highest BCUT2D eigenvalue weighted by Gasteiger charge is 2.24. The summed E-state index contributed by atoms with van der Waals surface area (Å²) in [5.74, 6) is 0.867. The molecule has 0 bridgehead atoms. The van der Waals surface area contributed by atoms with Crippen LogP contribution in [0.2, 0.25) is 0 Å². The van der Waals surface area contributed by atoms with Gasteiger partial charge in [0, 0.05) is 31.5 Å². The van der Waals surface area contributed by atoms with E-state index in [-0.39, 0.29) is 0 Å². The minimum atomic E-state index is 0.633. The van der Waals surface area contributed by atoms with E-state index in [0.717, 1.165) is 19.0 Å². The number of rotatable bonds is 6. The molecule has 18 heavy (non-hydrogen) atoms. The molecule has 0 aliphatic heterocycles. The van der Waals surface area contributed by atoms with Crippen LogP contribution in [0.1, 0.15) is 31.2 Å². The quantitative estimate of drug-likeness (QED) is 0.836. The van der Waals surface area contributed by atoms with Crippen molar-refractivity contribution in [2.45, 2.75) is 38.3 Å². The Labute approximate surface area is 111 Å². The molecule has 1 saturated carbocycles. The number of pyridine rings is 1. The van der Waals surface area contributed by atoms with Crippen molar-refractivity contribution >= 4 is 0 Å². The van der Waals surface area contributed by atoms with Crippen LogP contribution < -0.4 is 5.32 Å². The topological polar surface area (TPSA) is 28.2 Å². The summed E-state index contributed by atoms with van der Waals surface area (Å²) in [5, 5.41) is 3.50. The smallest absolute Gasteiger partial charge is 0.0312 e. The lowest BCUT2D eigenvalue weighted by molar-refractivity contribution is 0.243. The van der Waals surface area contributed by atoms with Crippen LogP contribution in [-0.2, 0) is 6.54 Å². The monoisotopic (exact) mass is 247 g/mol. The van der Waals surface area contributed by atoms with Crippen LogP contribution >= 0.6 is 0 Å². The zero-order valence-corrected chi connectivity index (χ0v) is 11.6. The van der Waals surface area contributed by atoms with Crippen LogP contribution in [0.5, 0.6) is 0 Å². The molecule has 1 atom stereocenters. The summed E-state index contributed by atoms with van der Waals surface area (Å²) in [5.41, 5.74) is 1.29. The fourth-order valence-corrected chi connectivity index (χ4v) is 3.04.